The normalized spacial score (nSPS) is 22.3. The van der Waals surface area contributed by atoms with Gasteiger partial charge in [0.25, 0.3) is 0 Å². The molecule has 1 saturated heterocycles. The van der Waals surface area contributed by atoms with Crippen molar-refractivity contribution in [2.45, 2.75) is 25.5 Å². The maximum atomic E-state index is 13.3. The maximum absolute atomic E-state index is 13.3. The molecule has 1 aliphatic heterocycles. The van der Waals surface area contributed by atoms with Gasteiger partial charge >= 0.3 is 0 Å². The molecule has 0 saturated carbocycles. The molecule has 0 aromatic heterocycles. The molecule has 0 bridgehead atoms. The van der Waals surface area contributed by atoms with Gasteiger partial charge in [0.1, 0.15) is 5.82 Å². The second-order valence-corrected chi connectivity index (χ2v) is 5.13. The predicted octanol–water partition coefficient (Wildman–Crippen LogP) is 2.54. The molecule has 4 heteroatoms. The number of halogens is 2. The fraction of sp³-hybridized carbons (Fsp3) is 0.500. The third-order valence-corrected chi connectivity index (χ3v) is 3.51. The predicted molar refractivity (Wildman–Crippen MR) is 64.6 cm³/mol. The lowest BCUT2D eigenvalue weighted by atomic mass is 10.1. The molecule has 0 spiro atoms. The summed E-state index contributed by atoms with van der Waals surface area (Å²) in [5.41, 5.74) is 0.954. The molecule has 16 heavy (non-hydrogen) atoms. The van der Waals surface area contributed by atoms with Crippen LogP contribution in [0.3, 0.4) is 0 Å². The van der Waals surface area contributed by atoms with E-state index >= 15 is 0 Å². The van der Waals surface area contributed by atoms with E-state index < -0.39 is 0 Å². The van der Waals surface area contributed by atoms with Crippen LogP contribution in [0, 0.1) is 5.82 Å². The number of aliphatic hydroxyl groups excluding tert-OH is 1. The molecular weight excluding hydrogens is 273 g/mol. The largest absolute Gasteiger partial charge is 0.392 e. The average Bonchev–Trinajstić information content (AvgIpc) is 2.24. The van der Waals surface area contributed by atoms with E-state index in [1.807, 2.05) is 6.07 Å². The lowest BCUT2D eigenvalue weighted by Gasteiger charge is -2.29. The van der Waals surface area contributed by atoms with Gasteiger partial charge in [-0.2, -0.15) is 0 Å². The Labute approximate surface area is 103 Å². The van der Waals surface area contributed by atoms with Crippen molar-refractivity contribution >= 4 is 15.9 Å². The van der Waals surface area contributed by atoms with E-state index in [-0.39, 0.29) is 11.9 Å². The molecule has 1 aromatic rings. The summed E-state index contributed by atoms with van der Waals surface area (Å²) in [6.45, 7) is 2.38. The summed E-state index contributed by atoms with van der Waals surface area (Å²) in [5, 5.41) is 9.53. The summed E-state index contributed by atoms with van der Waals surface area (Å²) in [7, 11) is 0. The van der Waals surface area contributed by atoms with Crippen molar-refractivity contribution in [3.05, 3.63) is 34.1 Å². The number of likely N-dealkylation sites (tertiary alicyclic amines) is 1. The summed E-state index contributed by atoms with van der Waals surface area (Å²) in [4.78, 5) is 2.16. The van der Waals surface area contributed by atoms with Crippen LogP contribution in [0.2, 0.25) is 0 Å². The topological polar surface area (TPSA) is 23.5 Å². The molecule has 0 radical (unpaired) electrons. The van der Waals surface area contributed by atoms with Crippen molar-refractivity contribution in [2.75, 3.05) is 13.1 Å². The van der Waals surface area contributed by atoms with Crippen molar-refractivity contribution in [1.82, 2.24) is 4.90 Å². The van der Waals surface area contributed by atoms with Crippen LogP contribution in [0.1, 0.15) is 18.4 Å². The fourth-order valence-electron chi connectivity index (χ4n) is 2.07. The zero-order valence-corrected chi connectivity index (χ0v) is 10.6. The maximum Gasteiger partial charge on any atom is 0.137 e. The fourth-order valence-corrected chi connectivity index (χ4v) is 2.32. The van der Waals surface area contributed by atoms with Crippen molar-refractivity contribution in [3.63, 3.8) is 0 Å². The van der Waals surface area contributed by atoms with Crippen LogP contribution in [0.15, 0.2) is 22.7 Å². The van der Waals surface area contributed by atoms with E-state index in [1.165, 1.54) is 0 Å². The zero-order valence-electron chi connectivity index (χ0n) is 9.00. The number of piperidine rings is 1. The van der Waals surface area contributed by atoms with Gasteiger partial charge in [0.15, 0.2) is 0 Å². The quantitative estimate of drug-likeness (QED) is 0.904. The lowest BCUT2D eigenvalue weighted by Crippen LogP contribution is -2.37. The van der Waals surface area contributed by atoms with Gasteiger partial charge in [-0.05, 0) is 53.0 Å². The molecule has 1 aliphatic rings. The standard InChI is InChI=1S/C12H15BrFNO/c13-11-4-3-9(6-12(11)14)7-15-5-1-2-10(16)8-15/h3-4,6,10,16H,1-2,5,7-8H2. The van der Waals surface area contributed by atoms with E-state index in [2.05, 4.69) is 20.8 Å². The number of hydrogen-bond acceptors (Lipinski definition) is 2. The third-order valence-electron chi connectivity index (χ3n) is 2.87. The highest BCUT2D eigenvalue weighted by atomic mass is 79.9. The summed E-state index contributed by atoms with van der Waals surface area (Å²) < 4.78 is 13.8. The first kappa shape index (κ1) is 12.0. The second-order valence-electron chi connectivity index (χ2n) is 4.28. The number of aliphatic hydroxyl groups is 1. The lowest BCUT2D eigenvalue weighted by molar-refractivity contribution is 0.0668. The Hall–Kier alpha value is -0.450. The highest BCUT2D eigenvalue weighted by molar-refractivity contribution is 9.10. The highest BCUT2D eigenvalue weighted by Gasteiger charge is 2.17. The van der Waals surface area contributed by atoms with Crippen LogP contribution in [0.4, 0.5) is 4.39 Å². The Balaban J connectivity index is 2.00. The van der Waals surface area contributed by atoms with Crippen LogP contribution >= 0.6 is 15.9 Å². The summed E-state index contributed by atoms with van der Waals surface area (Å²) in [5.74, 6) is -0.227. The third kappa shape index (κ3) is 3.03. The van der Waals surface area contributed by atoms with Crippen LogP contribution < -0.4 is 0 Å². The van der Waals surface area contributed by atoms with Crippen LogP contribution in [0.5, 0.6) is 0 Å². The van der Waals surface area contributed by atoms with E-state index in [9.17, 15) is 9.50 Å². The van der Waals surface area contributed by atoms with Crippen molar-refractivity contribution in [2.24, 2.45) is 0 Å². The highest BCUT2D eigenvalue weighted by Crippen LogP contribution is 2.19. The average molecular weight is 288 g/mol. The Morgan fingerprint density at radius 1 is 1.50 bits per heavy atom. The van der Waals surface area contributed by atoms with E-state index in [4.69, 9.17) is 0 Å². The van der Waals surface area contributed by atoms with Crippen molar-refractivity contribution in [3.8, 4) is 0 Å². The Morgan fingerprint density at radius 3 is 3.00 bits per heavy atom. The first-order valence-electron chi connectivity index (χ1n) is 5.49. The van der Waals surface area contributed by atoms with Gasteiger partial charge in [-0.15, -0.1) is 0 Å². The molecule has 1 N–H and O–H groups in total. The van der Waals surface area contributed by atoms with Crippen molar-refractivity contribution in [1.29, 1.82) is 0 Å². The monoisotopic (exact) mass is 287 g/mol. The number of β-amino-alcohol motifs (C(OH)–C–C–N with tert-alkyl or cyclic N) is 1. The van der Waals surface area contributed by atoms with Gasteiger partial charge in [0.05, 0.1) is 10.6 Å². The second kappa shape index (κ2) is 5.25. The first-order chi connectivity index (χ1) is 7.65. The molecule has 1 heterocycles. The Kier molecular flexibility index (Phi) is 3.95. The minimum atomic E-state index is -0.228. The zero-order chi connectivity index (χ0) is 11.5. The molecule has 0 amide bonds. The van der Waals surface area contributed by atoms with Gasteiger partial charge in [0, 0.05) is 13.1 Å². The van der Waals surface area contributed by atoms with E-state index in [1.54, 1.807) is 12.1 Å². The molecule has 1 aromatic carbocycles. The molecule has 2 nitrogen and oxygen atoms in total. The van der Waals surface area contributed by atoms with Crippen LogP contribution in [0.25, 0.3) is 0 Å². The summed E-state index contributed by atoms with van der Waals surface area (Å²) >= 11 is 3.14. The molecule has 1 unspecified atom stereocenters. The van der Waals surface area contributed by atoms with E-state index in [0.717, 1.165) is 24.9 Å². The number of nitrogens with zero attached hydrogens (tertiary/aromatic N) is 1. The van der Waals surface area contributed by atoms with Gasteiger partial charge in [-0.25, -0.2) is 4.39 Å². The SMILES string of the molecule is OC1CCCN(Cc2ccc(Br)c(F)c2)C1. The molecule has 1 atom stereocenters. The minimum Gasteiger partial charge on any atom is -0.392 e. The number of benzene rings is 1. The smallest absolute Gasteiger partial charge is 0.137 e. The van der Waals surface area contributed by atoms with Crippen LogP contribution in [-0.2, 0) is 6.54 Å². The van der Waals surface area contributed by atoms with Crippen LogP contribution in [-0.4, -0.2) is 29.2 Å². The van der Waals surface area contributed by atoms with Gasteiger partial charge < -0.3 is 5.11 Å². The molecule has 88 valence electrons. The van der Waals surface area contributed by atoms with Crippen molar-refractivity contribution < 1.29 is 9.50 Å². The Morgan fingerprint density at radius 2 is 2.31 bits per heavy atom. The summed E-state index contributed by atoms with van der Waals surface area (Å²) in [6, 6.07) is 5.18. The molecular formula is C12H15BrFNO. The minimum absolute atomic E-state index is 0.227. The first-order valence-corrected chi connectivity index (χ1v) is 6.29. The molecule has 1 fully saturated rings. The van der Waals surface area contributed by atoms with Gasteiger partial charge in [-0.1, -0.05) is 6.07 Å². The van der Waals surface area contributed by atoms with Gasteiger partial charge in [-0.3, -0.25) is 4.90 Å². The Bertz CT molecular complexity index is 372. The summed E-state index contributed by atoms with van der Waals surface area (Å²) in [6.07, 6.45) is 1.67. The molecule has 0 aliphatic carbocycles. The van der Waals surface area contributed by atoms with Gasteiger partial charge in [0.2, 0.25) is 0 Å². The molecule has 2 rings (SSSR count). The van der Waals surface area contributed by atoms with E-state index in [0.29, 0.717) is 17.6 Å². The number of hydrogen-bond donors (Lipinski definition) is 1. The number of rotatable bonds is 2.